The van der Waals surface area contributed by atoms with Crippen molar-refractivity contribution in [3.05, 3.63) is 30.3 Å². The molecule has 2 amide bonds. The summed E-state index contributed by atoms with van der Waals surface area (Å²) in [5.74, 6) is -37.1. The monoisotopic (exact) mass is 485 g/mol. The Morgan fingerprint density at radius 3 is 1.10 bits per heavy atom. The normalized spacial score (nSPS) is 14.4. The molecule has 31 heavy (non-hydrogen) atoms. The first kappa shape index (κ1) is 26.4. The van der Waals surface area contributed by atoms with E-state index in [4.69, 9.17) is 0 Å². The van der Waals surface area contributed by atoms with Crippen LogP contribution in [0.1, 0.15) is 0 Å². The number of alkyl halides is 14. The Labute approximate surface area is 161 Å². The van der Waals surface area contributed by atoms with Crippen LogP contribution in [-0.2, 0) is 9.59 Å². The summed E-state index contributed by atoms with van der Waals surface area (Å²) in [6.07, 6.45) is -14.5. The minimum atomic E-state index is -7.34. The molecule has 0 spiro atoms. The molecule has 0 aromatic heterocycles. The number of halogens is 14. The highest BCUT2D eigenvalue weighted by Gasteiger charge is 2.80. The van der Waals surface area contributed by atoms with E-state index in [1.54, 1.807) is 0 Å². The molecule has 0 atom stereocenters. The standard InChI is InChI=1S/C14H5F14NO2/c15-9(16,11(19,20)13(23,24)25)7(30)29(6-4-2-1-3-5-6)8(31)10(17,18)12(21,22)14(26,27)28/h1-5H. The summed E-state index contributed by atoms with van der Waals surface area (Å²) in [6.45, 7) is 0. The van der Waals surface area contributed by atoms with Crippen LogP contribution >= 0.6 is 0 Å². The number of hydrogen-bond donors (Lipinski definition) is 0. The Balaban J connectivity index is 3.73. The quantitative estimate of drug-likeness (QED) is 0.538. The van der Waals surface area contributed by atoms with Crippen molar-refractivity contribution in [3.63, 3.8) is 0 Å². The van der Waals surface area contributed by atoms with Crippen LogP contribution < -0.4 is 4.90 Å². The molecule has 1 rings (SSSR count). The van der Waals surface area contributed by atoms with Crippen molar-refractivity contribution >= 4 is 17.5 Å². The van der Waals surface area contributed by atoms with Crippen molar-refractivity contribution in [1.29, 1.82) is 0 Å². The Bertz CT molecular complexity index is 778. The third-order valence-corrected chi connectivity index (χ3v) is 3.46. The molecule has 0 N–H and O–H groups in total. The van der Waals surface area contributed by atoms with Crippen LogP contribution in [0.3, 0.4) is 0 Å². The first-order chi connectivity index (χ1) is 13.5. The van der Waals surface area contributed by atoms with Crippen molar-refractivity contribution < 1.29 is 71.1 Å². The van der Waals surface area contributed by atoms with E-state index in [9.17, 15) is 71.1 Å². The molecule has 0 radical (unpaired) electrons. The number of para-hydroxylation sites is 1. The predicted octanol–water partition coefficient (Wildman–Crippen LogP) is 5.21. The molecule has 0 bridgehead atoms. The molecule has 0 fully saturated rings. The van der Waals surface area contributed by atoms with Crippen molar-refractivity contribution in [2.24, 2.45) is 0 Å². The number of hydrogen-bond acceptors (Lipinski definition) is 2. The SMILES string of the molecule is O=C(N(C(=O)C(F)(F)C(F)(F)C(F)(F)F)c1ccccc1)C(F)(F)C(F)(F)C(F)(F)F. The van der Waals surface area contributed by atoms with E-state index in [0.717, 1.165) is 6.07 Å². The third kappa shape index (κ3) is 4.13. The number of carbonyl (C=O) groups excluding carboxylic acids is 2. The highest BCUT2D eigenvalue weighted by molar-refractivity contribution is 6.19. The van der Waals surface area contributed by atoms with Gasteiger partial charge in [0.05, 0.1) is 5.69 Å². The fourth-order valence-electron chi connectivity index (χ4n) is 1.81. The second-order valence-corrected chi connectivity index (χ2v) is 5.57. The van der Waals surface area contributed by atoms with Crippen LogP contribution in [0.5, 0.6) is 0 Å². The van der Waals surface area contributed by atoms with E-state index in [1.165, 1.54) is 0 Å². The summed E-state index contributed by atoms with van der Waals surface area (Å²) in [5.41, 5.74) is -1.73. The zero-order valence-corrected chi connectivity index (χ0v) is 13.9. The second kappa shape index (κ2) is 7.51. The molecule has 0 aliphatic rings. The Hall–Kier alpha value is -2.62. The van der Waals surface area contributed by atoms with E-state index in [-0.39, 0.29) is 12.1 Å². The fourth-order valence-corrected chi connectivity index (χ4v) is 1.81. The molecule has 0 saturated carbocycles. The summed E-state index contributed by atoms with van der Waals surface area (Å²) in [6, 6.07) is 2.30. The maximum Gasteiger partial charge on any atom is 0.460 e. The molecule has 1 aromatic rings. The molecule has 3 nitrogen and oxygen atoms in total. The van der Waals surface area contributed by atoms with Crippen LogP contribution in [0, 0.1) is 0 Å². The predicted molar refractivity (Wildman–Crippen MR) is 70.8 cm³/mol. The molecule has 176 valence electrons. The minimum absolute atomic E-state index is 0.138. The van der Waals surface area contributed by atoms with Gasteiger partial charge in [-0.25, -0.2) is 4.90 Å². The van der Waals surface area contributed by atoms with Crippen molar-refractivity contribution in [2.75, 3.05) is 4.90 Å². The number of amides is 2. The lowest BCUT2D eigenvalue weighted by molar-refractivity contribution is -0.345. The van der Waals surface area contributed by atoms with E-state index in [0.29, 0.717) is 12.1 Å². The highest BCUT2D eigenvalue weighted by atomic mass is 19.4. The van der Waals surface area contributed by atoms with Crippen LogP contribution in [-0.4, -0.2) is 47.9 Å². The first-order valence-corrected chi connectivity index (χ1v) is 7.14. The molecule has 0 aliphatic heterocycles. The lowest BCUT2D eigenvalue weighted by atomic mass is 10.1. The maximum absolute atomic E-state index is 13.6. The van der Waals surface area contributed by atoms with Crippen LogP contribution in [0.4, 0.5) is 67.2 Å². The van der Waals surface area contributed by atoms with Gasteiger partial charge in [0, 0.05) is 0 Å². The topological polar surface area (TPSA) is 37.4 Å². The van der Waals surface area contributed by atoms with Gasteiger partial charge in [0.15, 0.2) is 0 Å². The average molecular weight is 485 g/mol. The van der Waals surface area contributed by atoms with Gasteiger partial charge in [-0.15, -0.1) is 0 Å². The van der Waals surface area contributed by atoms with E-state index >= 15 is 0 Å². The van der Waals surface area contributed by atoms with Gasteiger partial charge in [0.2, 0.25) is 0 Å². The molecule has 0 heterocycles. The summed E-state index contributed by atoms with van der Waals surface area (Å²) < 4.78 is 180. The number of rotatable bonds is 5. The molecule has 0 unspecified atom stereocenters. The summed E-state index contributed by atoms with van der Waals surface area (Å²) in [4.78, 5) is 21.3. The largest absolute Gasteiger partial charge is 0.460 e. The molecule has 17 heteroatoms. The van der Waals surface area contributed by atoms with Crippen molar-refractivity contribution in [1.82, 2.24) is 0 Å². The lowest BCUT2D eigenvalue weighted by Crippen LogP contribution is -2.66. The number of nitrogens with zero attached hydrogens (tertiary/aromatic N) is 1. The molecule has 0 aliphatic carbocycles. The minimum Gasteiger partial charge on any atom is -0.267 e. The van der Waals surface area contributed by atoms with Crippen LogP contribution in [0.2, 0.25) is 0 Å². The Morgan fingerprint density at radius 2 is 0.839 bits per heavy atom. The first-order valence-electron chi connectivity index (χ1n) is 7.14. The smallest absolute Gasteiger partial charge is 0.267 e. The molecular weight excluding hydrogens is 480 g/mol. The second-order valence-electron chi connectivity index (χ2n) is 5.57. The van der Waals surface area contributed by atoms with Crippen molar-refractivity contribution in [3.8, 4) is 0 Å². The van der Waals surface area contributed by atoms with Gasteiger partial charge in [-0.3, -0.25) is 9.59 Å². The van der Waals surface area contributed by atoms with Gasteiger partial charge < -0.3 is 0 Å². The fraction of sp³-hybridized carbons (Fsp3) is 0.429. The zero-order chi connectivity index (χ0) is 24.8. The Morgan fingerprint density at radius 1 is 0.548 bits per heavy atom. The molecule has 1 aromatic carbocycles. The average Bonchev–Trinajstić information content (AvgIpc) is 2.60. The van der Waals surface area contributed by atoms with E-state index in [2.05, 4.69) is 0 Å². The van der Waals surface area contributed by atoms with Crippen molar-refractivity contribution in [2.45, 2.75) is 36.0 Å². The third-order valence-electron chi connectivity index (χ3n) is 3.46. The summed E-state index contributed by atoms with van der Waals surface area (Å²) in [7, 11) is 0. The molecular formula is C14H5F14NO2. The zero-order valence-electron chi connectivity index (χ0n) is 13.9. The number of benzene rings is 1. The lowest BCUT2D eigenvalue weighted by Gasteiger charge is -2.34. The maximum atomic E-state index is 13.6. The van der Waals surface area contributed by atoms with Gasteiger partial charge in [-0.1, -0.05) is 18.2 Å². The highest BCUT2D eigenvalue weighted by Crippen LogP contribution is 2.50. The summed E-state index contributed by atoms with van der Waals surface area (Å²) in [5, 5.41) is 0. The number of imide groups is 1. The van der Waals surface area contributed by atoms with Crippen LogP contribution in [0.25, 0.3) is 0 Å². The van der Waals surface area contributed by atoms with Gasteiger partial charge in [0.1, 0.15) is 0 Å². The van der Waals surface area contributed by atoms with Crippen LogP contribution in [0.15, 0.2) is 30.3 Å². The number of anilines is 1. The Kier molecular flexibility index (Phi) is 6.40. The van der Waals surface area contributed by atoms with E-state index in [1.807, 2.05) is 0 Å². The van der Waals surface area contributed by atoms with Gasteiger partial charge in [0.25, 0.3) is 0 Å². The van der Waals surface area contributed by atoms with Gasteiger partial charge in [-0.2, -0.15) is 61.5 Å². The molecule has 0 saturated heterocycles. The van der Waals surface area contributed by atoms with Gasteiger partial charge >= 0.3 is 47.9 Å². The number of carbonyl (C=O) groups is 2. The van der Waals surface area contributed by atoms with E-state index < -0.39 is 58.4 Å². The van der Waals surface area contributed by atoms with Gasteiger partial charge in [-0.05, 0) is 12.1 Å². The summed E-state index contributed by atoms with van der Waals surface area (Å²) >= 11 is 0.